The van der Waals surface area contributed by atoms with Crippen molar-refractivity contribution in [2.24, 2.45) is 0 Å². The number of hydrogen-bond donors (Lipinski definition) is 0. The van der Waals surface area contributed by atoms with Crippen LogP contribution in [0.2, 0.25) is 10.0 Å². The molecule has 0 atom stereocenters. The van der Waals surface area contributed by atoms with Crippen LogP contribution in [-0.4, -0.2) is 23.8 Å². The molecule has 7 heteroatoms. The first-order valence-electron chi connectivity index (χ1n) is 5.39. The molecule has 0 aliphatic carbocycles. The summed E-state index contributed by atoms with van der Waals surface area (Å²) in [5.41, 5.74) is 0.429. The summed E-state index contributed by atoms with van der Waals surface area (Å²) < 4.78 is 0. The van der Waals surface area contributed by atoms with Crippen LogP contribution >= 0.6 is 23.2 Å². The van der Waals surface area contributed by atoms with E-state index >= 15 is 0 Å². The highest BCUT2D eigenvalue weighted by molar-refractivity contribution is 6.39. The van der Waals surface area contributed by atoms with Crippen molar-refractivity contribution in [1.82, 2.24) is 0 Å². The van der Waals surface area contributed by atoms with Gasteiger partial charge in [-0.25, -0.2) is 0 Å². The van der Waals surface area contributed by atoms with E-state index < -0.39 is 4.92 Å². The van der Waals surface area contributed by atoms with Gasteiger partial charge in [-0.2, -0.15) is 0 Å². The highest BCUT2D eigenvalue weighted by Gasteiger charge is 2.23. The number of carbonyl (C=O) groups is 1. The van der Waals surface area contributed by atoms with Crippen LogP contribution in [0.15, 0.2) is 12.1 Å². The standard InChI is InChI=1S/C11H10Cl2N2O3/c12-9-5-7(15(17)18)6-10(13)11(9)14-3-1-8(16)2-4-14/h5-6H,1-4H2. The molecule has 0 unspecified atom stereocenters. The van der Waals surface area contributed by atoms with E-state index in [1.54, 1.807) is 0 Å². The van der Waals surface area contributed by atoms with Gasteiger partial charge in [-0.05, 0) is 0 Å². The molecule has 0 radical (unpaired) electrons. The van der Waals surface area contributed by atoms with Gasteiger partial charge in [-0.3, -0.25) is 14.9 Å². The zero-order chi connectivity index (χ0) is 13.3. The van der Waals surface area contributed by atoms with E-state index in [0.717, 1.165) is 0 Å². The summed E-state index contributed by atoms with van der Waals surface area (Å²) in [7, 11) is 0. The van der Waals surface area contributed by atoms with E-state index in [4.69, 9.17) is 23.2 Å². The van der Waals surface area contributed by atoms with Gasteiger partial charge in [-0.1, -0.05) is 23.2 Å². The highest BCUT2D eigenvalue weighted by atomic mass is 35.5. The number of nitro groups is 1. The Hall–Kier alpha value is -1.33. The number of nitrogens with zero attached hydrogens (tertiary/aromatic N) is 2. The fourth-order valence-corrected chi connectivity index (χ4v) is 2.65. The molecule has 1 fully saturated rings. The first-order valence-corrected chi connectivity index (χ1v) is 6.14. The second-order valence-corrected chi connectivity index (χ2v) is 4.86. The normalized spacial score (nSPS) is 15.9. The van der Waals surface area contributed by atoms with E-state index in [9.17, 15) is 14.9 Å². The number of piperidine rings is 1. The Labute approximate surface area is 113 Å². The van der Waals surface area contributed by atoms with Crippen LogP contribution < -0.4 is 4.90 Å². The van der Waals surface area contributed by atoms with Crippen LogP contribution in [0.25, 0.3) is 0 Å². The molecule has 0 saturated carbocycles. The maximum atomic E-state index is 11.2. The summed E-state index contributed by atoms with van der Waals surface area (Å²) in [6, 6.07) is 2.55. The van der Waals surface area contributed by atoms with Crippen molar-refractivity contribution < 1.29 is 9.72 Å². The Balaban J connectivity index is 2.33. The predicted octanol–water partition coefficient (Wildman–Crippen LogP) is 3.07. The number of ketones is 1. The number of halogens is 2. The Bertz CT molecular complexity index is 486. The molecule has 1 aliphatic rings. The quantitative estimate of drug-likeness (QED) is 0.620. The van der Waals surface area contributed by atoms with E-state index in [1.165, 1.54) is 12.1 Å². The van der Waals surface area contributed by atoms with Crippen molar-refractivity contribution in [3.63, 3.8) is 0 Å². The number of Topliss-reactive ketones (excluding diaryl/α,β-unsaturated/α-hetero) is 1. The van der Waals surface area contributed by atoms with Crippen LogP contribution in [-0.2, 0) is 4.79 Å². The number of anilines is 1. The number of rotatable bonds is 2. The second kappa shape index (κ2) is 5.12. The fourth-order valence-electron chi connectivity index (χ4n) is 1.94. The molecular weight excluding hydrogens is 279 g/mol. The highest BCUT2D eigenvalue weighted by Crippen LogP contribution is 2.38. The molecule has 0 amide bonds. The van der Waals surface area contributed by atoms with Crippen molar-refractivity contribution in [3.05, 3.63) is 32.3 Å². The number of nitro benzene ring substituents is 1. The summed E-state index contributed by atoms with van der Waals surface area (Å²) >= 11 is 12.1. The lowest BCUT2D eigenvalue weighted by Crippen LogP contribution is -2.34. The van der Waals surface area contributed by atoms with E-state index in [2.05, 4.69) is 0 Å². The lowest BCUT2D eigenvalue weighted by molar-refractivity contribution is -0.384. The Morgan fingerprint density at radius 3 is 2.11 bits per heavy atom. The molecule has 1 heterocycles. The molecule has 1 saturated heterocycles. The molecule has 1 aliphatic heterocycles. The third-order valence-corrected chi connectivity index (χ3v) is 3.43. The molecule has 0 N–H and O–H groups in total. The second-order valence-electron chi connectivity index (χ2n) is 4.04. The molecule has 18 heavy (non-hydrogen) atoms. The smallest absolute Gasteiger partial charge is 0.272 e. The van der Waals surface area contributed by atoms with Crippen LogP contribution in [0.3, 0.4) is 0 Å². The fraction of sp³-hybridized carbons (Fsp3) is 0.364. The molecule has 0 aromatic heterocycles. The van der Waals surface area contributed by atoms with Gasteiger partial charge in [0.25, 0.3) is 5.69 Å². The van der Waals surface area contributed by atoms with Gasteiger partial charge in [0.1, 0.15) is 5.78 Å². The van der Waals surface area contributed by atoms with Gasteiger partial charge in [0, 0.05) is 38.1 Å². The lowest BCUT2D eigenvalue weighted by Gasteiger charge is -2.29. The summed E-state index contributed by atoms with van der Waals surface area (Å²) in [6.45, 7) is 1.08. The molecular formula is C11H10Cl2N2O3. The molecule has 1 aromatic carbocycles. The van der Waals surface area contributed by atoms with Crippen molar-refractivity contribution in [2.45, 2.75) is 12.8 Å². The average Bonchev–Trinajstić information content (AvgIpc) is 2.30. The number of benzene rings is 1. The van der Waals surface area contributed by atoms with E-state index in [1.807, 2.05) is 4.90 Å². The SMILES string of the molecule is O=C1CCN(c2c(Cl)cc([N+](=O)[O-])cc2Cl)CC1. The van der Waals surface area contributed by atoms with Gasteiger partial charge in [0.15, 0.2) is 0 Å². The summed E-state index contributed by atoms with van der Waals surface area (Å²) in [5, 5.41) is 11.1. The Kier molecular flexibility index (Phi) is 3.73. The average molecular weight is 289 g/mol. The molecule has 1 aromatic rings. The predicted molar refractivity (Wildman–Crippen MR) is 69.6 cm³/mol. The van der Waals surface area contributed by atoms with Crippen LogP contribution in [0.4, 0.5) is 11.4 Å². The van der Waals surface area contributed by atoms with Crippen LogP contribution in [0.5, 0.6) is 0 Å². The minimum atomic E-state index is -0.540. The zero-order valence-corrected chi connectivity index (χ0v) is 10.9. The number of carbonyl (C=O) groups excluding carboxylic acids is 1. The largest absolute Gasteiger partial charge is 0.368 e. The van der Waals surface area contributed by atoms with E-state index in [-0.39, 0.29) is 21.5 Å². The molecule has 96 valence electrons. The van der Waals surface area contributed by atoms with Gasteiger partial charge >= 0.3 is 0 Å². The molecule has 0 bridgehead atoms. The van der Waals surface area contributed by atoms with Crippen molar-refractivity contribution in [1.29, 1.82) is 0 Å². The molecule has 5 nitrogen and oxygen atoms in total. The lowest BCUT2D eigenvalue weighted by atomic mass is 10.1. The van der Waals surface area contributed by atoms with Gasteiger partial charge in [0.05, 0.1) is 20.7 Å². The minimum Gasteiger partial charge on any atom is -0.368 e. The minimum absolute atomic E-state index is 0.137. The molecule has 0 spiro atoms. The summed E-state index contributed by atoms with van der Waals surface area (Å²) in [5.74, 6) is 0.209. The van der Waals surface area contributed by atoms with Crippen molar-refractivity contribution in [3.8, 4) is 0 Å². The van der Waals surface area contributed by atoms with Crippen molar-refractivity contribution >= 4 is 40.4 Å². The van der Waals surface area contributed by atoms with Crippen LogP contribution in [0.1, 0.15) is 12.8 Å². The number of non-ortho nitro benzene ring substituents is 1. The summed E-state index contributed by atoms with van der Waals surface area (Å²) in [6.07, 6.45) is 0.896. The molecule has 2 rings (SSSR count). The first-order chi connectivity index (χ1) is 8.49. The monoisotopic (exact) mass is 288 g/mol. The topological polar surface area (TPSA) is 63.5 Å². The third-order valence-electron chi connectivity index (χ3n) is 2.85. The maximum absolute atomic E-state index is 11.2. The maximum Gasteiger partial charge on any atom is 0.272 e. The Morgan fingerprint density at radius 1 is 1.17 bits per heavy atom. The van der Waals surface area contributed by atoms with Crippen molar-refractivity contribution in [2.75, 3.05) is 18.0 Å². The Morgan fingerprint density at radius 2 is 1.67 bits per heavy atom. The third kappa shape index (κ3) is 2.57. The first kappa shape index (κ1) is 13.1. The van der Waals surface area contributed by atoms with Gasteiger partial charge in [0.2, 0.25) is 0 Å². The zero-order valence-electron chi connectivity index (χ0n) is 9.36. The van der Waals surface area contributed by atoms with Crippen LogP contribution in [0, 0.1) is 10.1 Å². The van der Waals surface area contributed by atoms with E-state index in [0.29, 0.717) is 31.6 Å². The van der Waals surface area contributed by atoms with Gasteiger partial charge < -0.3 is 4.90 Å². The summed E-state index contributed by atoms with van der Waals surface area (Å²) in [4.78, 5) is 23.2. The number of hydrogen-bond acceptors (Lipinski definition) is 4. The van der Waals surface area contributed by atoms with Gasteiger partial charge in [-0.15, -0.1) is 0 Å².